The highest BCUT2D eigenvalue weighted by Crippen LogP contribution is 2.16. The molecule has 0 aliphatic heterocycles. The molecule has 6 heteroatoms. The van der Waals surface area contributed by atoms with Gasteiger partial charge in [-0.25, -0.2) is 0 Å². The van der Waals surface area contributed by atoms with Gasteiger partial charge < -0.3 is 15.4 Å². The number of benzene rings is 1. The number of rotatable bonds is 5. The molecule has 114 valence electrons. The molecular formula is C16H17N3O3. The van der Waals surface area contributed by atoms with E-state index in [9.17, 15) is 9.59 Å². The molecule has 2 amide bonds. The smallest absolute Gasteiger partial charge is 0.313 e. The lowest BCUT2D eigenvalue weighted by atomic mass is 10.2. The normalized spacial score (nSPS) is 9.86. The fraction of sp³-hybridized carbons (Fsp3) is 0.188. The first-order valence-electron chi connectivity index (χ1n) is 6.82. The zero-order chi connectivity index (χ0) is 15.8. The number of hydrogen-bond acceptors (Lipinski definition) is 4. The minimum atomic E-state index is -0.714. The molecule has 0 atom stereocenters. The molecule has 2 aromatic rings. The molecule has 1 heterocycles. The first kappa shape index (κ1) is 15.5. The van der Waals surface area contributed by atoms with Crippen molar-refractivity contribution in [2.75, 3.05) is 19.0 Å². The predicted octanol–water partition coefficient (Wildman–Crippen LogP) is 1.39. The van der Waals surface area contributed by atoms with Crippen LogP contribution in [0.5, 0.6) is 5.75 Å². The van der Waals surface area contributed by atoms with Crippen LogP contribution in [-0.2, 0) is 16.0 Å². The Kier molecular flexibility index (Phi) is 5.48. The van der Waals surface area contributed by atoms with Crippen LogP contribution in [0.1, 0.15) is 5.69 Å². The van der Waals surface area contributed by atoms with Crippen LogP contribution in [-0.4, -0.2) is 30.5 Å². The lowest BCUT2D eigenvalue weighted by Crippen LogP contribution is -2.36. The van der Waals surface area contributed by atoms with E-state index in [0.29, 0.717) is 24.4 Å². The predicted molar refractivity (Wildman–Crippen MR) is 82.6 cm³/mol. The maximum absolute atomic E-state index is 11.8. The fourth-order valence-electron chi connectivity index (χ4n) is 1.82. The monoisotopic (exact) mass is 299 g/mol. The average Bonchev–Trinajstić information content (AvgIpc) is 2.56. The van der Waals surface area contributed by atoms with E-state index in [1.807, 2.05) is 18.2 Å². The van der Waals surface area contributed by atoms with Crippen molar-refractivity contribution in [3.05, 3.63) is 54.4 Å². The van der Waals surface area contributed by atoms with Crippen molar-refractivity contribution in [2.45, 2.75) is 6.42 Å². The number of hydrogen-bond donors (Lipinski definition) is 2. The summed E-state index contributed by atoms with van der Waals surface area (Å²) in [7, 11) is 1.53. The molecule has 2 rings (SSSR count). The molecule has 1 aromatic carbocycles. The number of amides is 2. The molecule has 6 nitrogen and oxygen atoms in total. The summed E-state index contributed by atoms with van der Waals surface area (Å²) in [5, 5.41) is 5.08. The van der Waals surface area contributed by atoms with Crippen LogP contribution in [0, 0.1) is 0 Å². The number of methoxy groups -OCH3 is 1. The van der Waals surface area contributed by atoms with E-state index in [1.165, 1.54) is 7.11 Å². The van der Waals surface area contributed by atoms with E-state index in [-0.39, 0.29) is 0 Å². The lowest BCUT2D eigenvalue weighted by molar-refractivity contribution is -0.136. The van der Waals surface area contributed by atoms with Crippen LogP contribution in [0.15, 0.2) is 48.7 Å². The third-order valence-corrected chi connectivity index (χ3v) is 2.93. The second kappa shape index (κ2) is 7.78. The molecule has 2 N–H and O–H groups in total. The van der Waals surface area contributed by atoms with Gasteiger partial charge in [-0.05, 0) is 24.3 Å². The van der Waals surface area contributed by atoms with E-state index in [4.69, 9.17) is 4.74 Å². The van der Waals surface area contributed by atoms with Crippen LogP contribution < -0.4 is 15.4 Å². The Labute approximate surface area is 128 Å². The van der Waals surface area contributed by atoms with Crippen molar-refractivity contribution in [1.29, 1.82) is 0 Å². The van der Waals surface area contributed by atoms with Crippen LogP contribution >= 0.6 is 0 Å². The average molecular weight is 299 g/mol. The van der Waals surface area contributed by atoms with Crippen molar-refractivity contribution >= 4 is 17.5 Å². The van der Waals surface area contributed by atoms with Crippen molar-refractivity contribution in [3.63, 3.8) is 0 Å². The van der Waals surface area contributed by atoms with Gasteiger partial charge in [0.2, 0.25) is 0 Å². The summed E-state index contributed by atoms with van der Waals surface area (Å²) in [6.45, 7) is 0.349. The van der Waals surface area contributed by atoms with Gasteiger partial charge in [0.1, 0.15) is 5.75 Å². The lowest BCUT2D eigenvalue weighted by Gasteiger charge is -2.07. The SMILES string of the molecule is COc1cccc(NC(=O)C(=O)NCCc2ccccn2)c1. The van der Waals surface area contributed by atoms with Gasteiger partial charge in [-0.2, -0.15) is 0 Å². The second-order valence-electron chi connectivity index (χ2n) is 4.51. The van der Waals surface area contributed by atoms with Crippen LogP contribution in [0.4, 0.5) is 5.69 Å². The van der Waals surface area contributed by atoms with E-state index < -0.39 is 11.8 Å². The van der Waals surface area contributed by atoms with Gasteiger partial charge in [0, 0.05) is 36.6 Å². The highest BCUT2D eigenvalue weighted by molar-refractivity contribution is 6.39. The summed E-state index contributed by atoms with van der Waals surface area (Å²) >= 11 is 0. The maximum Gasteiger partial charge on any atom is 0.313 e. The summed E-state index contributed by atoms with van der Waals surface area (Å²) in [6, 6.07) is 12.4. The van der Waals surface area contributed by atoms with E-state index in [0.717, 1.165) is 5.69 Å². The summed E-state index contributed by atoms with van der Waals surface area (Å²) in [4.78, 5) is 27.6. The molecule has 1 aromatic heterocycles. The number of anilines is 1. The molecular weight excluding hydrogens is 282 g/mol. The Morgan fingerprint density at radius 3 is 2.73 bits per heavy atom. The van der Waals surface area contributed by atoms with Crippen molar-refractivity contribution in [3.8, 4) is 5.75 Å². The molecule has 0 radical (unpaired) electrons. The summed E-state index contributed by atoms with van der Waals surface area (Å²) < 4.78 is 5.05. The van der Waals surface area contributed by atoms with Gasteiger partial charge in [0.15, 0.2) is 0 Å². The summed E-state index contributed by atoms with van der Waals surface area (Å²) in [5.41, 5.74) is 1.36. The van der Waals surface area contributed by atoms with Gasteiger partial charge in [0.25, 0.3) is 0 Å². The quantitative estimate of drug-likeness (QED) is 0.818. The van der Waals surface area contributed by atoms with Crippen molar-refractivity contribution in [2.24, 2.45) is 0 Å². The Morgan fingerprint density at radius 1 is 1.14 bits per heavy atom. The number of carbonyl (C=O) groups is 2. The van der Waals surface area contributed by atoms with Crippen molar-refractivity contribution in [1.82, 2.24) is 10.3 Å². The van der Waals surface area contributed by atoms with E-state index >= 15 is 0 Å². The van der Waals surface area contributed by atoms with Gasteiger partial charge >= 0.3 is 11.8 Å². The fourth-order valence-corrected chi connectivity index (χ4v) is 1.82. The maximum atomic E-state index is 11.8. The molecule has 0 spiro atoms. The van der Waals surface area contributed by atoms with Gasteiger partial charge in [-0.3, -0.25) is 14.6 Å². The highest BCUT2D eigenvalue weighted by atomic mass is 16.5. The Morgan fingerprint density at radius 2 is 2.00 bits per heavy atom. The van der Waals surface area contributed by atoms with Crippen molar-refractivity contribution < 1.29 is 14.3 Å². The van der Waals surface area contributed by atoms with Gasteiger partial charge in [-0.15, -0.1) is 0 Å². The topological polar surface area (TPSA) is 80.3 Å². The van der Waals surface area contributed by atoms with E-state index in [2.05, 4.69) is 15.6 Å². The zero-order valence-corrected chi connectivity index (χ0v) is 12.2. The third kappa shape index (κ3) is 4.59. The Bertz CT molecular complexity index is 644. The molecule has 22 heavy (non-hydrogen) atoms. The summed E-state index contributed by atoms with van der Waals surface area (Å²) in [6.07, 6.45) is 2.26. The molecule has 0 unspecified atom stereocenters. The molecule has 0 aliphatic carbocycles. The Balaban J connectivity index is 1.80. The third-order valence-electron chi connectivity index (χ3n) is 2.93. The second-order valence-corrected chi connectivity index (χ2v) is 4.51. The standard InChI is InChI=1S/C16H17N3O3/c1-22-14-7-4-6-13(11-14)19-16(21)15(20)18-10-8-12-5-2-3-9-17-12/h2-7,9,11H,8,10H2,1H3,(H,18,20)(H,19,21). The number of nitrogens with one attached hydrogen (secondary N) is 2. The molecule has 0 saturated heterocycles. The molecule has 0 bridgehead atoms. The largest absolute Gasteiger partial charge is 0.497 e. The molecule has 0 fully saturated rings. The number of aromatic nitrogens is 1. The van der Waals surface area contributed by atoms with Crippen LogP contribution in [0.25, 0.3) is 0 Å². The van der Waals surface area contributed by atoms with Gasteiger partial charge in [-0.1, -0.05) is 12.1 Å². The number of ether oxygens (including phenoxy) is 1. The molecule has 0 saturated carbocycles. The first-order valence-corrected chi connectivity index (χ1v) is 6.82. The van der Waals surface area contributed by atoms with Crippen LogP contribution in [0.2, 0.25) is 0 Å². The van der Waals surface area contributed by atoms with E-state index in [1.54, 1.807) is 30.5 Å². The minimum Gasteiger partial charge on any atom is -0.497 e. The molecule has 0 aliphatic rings. The Hall–Kier alpha value is -2.89. The van der Waals surface area contributed by atoms with Gasteiger partial charge in [0.05, 0.1) is 7.11 Å². The summed E-state index contributed by atoms with van der Waals surface area (Å²) in [5.74, 6) is -0.790. The number of carbonyl (C=O) groups excluding carboxylic acids is 2. The van der Waals surface area contributed by atoms with Crippen LogP contribution in [0.3, 0.4) is 0 Å². The number of pyridine rings is 1. The first-order chi connectivity index (χ1) is 10.7. The highest BCUT2D eigenvalue weighted by Gasteiger charge is 2.13. The minimum absolute atomic E-state index is 0.349. The zero-order valence-electron chi connectivity index (χ0n) is 12.2. The number of nitrogens with zero attached hydrogens (tertiary/aromatic N) is 1.